The molecule has 1 nitrogen and oxygen atoms in total. The van der Waals surface area contributed by atoms with E-state index in [9.17, 15) is 0 Å². The van der Waals surface area contributed by atoms with E-state index in [1.54, 1.807) is 0 Å². The fourth-order valence-corrected chi connectivity index (χ4v) is 3.37. The van der Waals surface area contributed by atoms with Crippen molar-refractivity contribution in [3.8, 4) is 0 Å². The van der Waals surface area contributed by atoms with Gasteiger partial charge in [0.15, 0.2) is 0 Å². The first-order valence-electron chi connectivity index (χ1n) is 6.26. The average Bonchev–Trinajstić information content (AvgIpc) is 2.16. The van der Waals surface area contributed by atoms with Gasteiger partial charge in [-0.1, -0.05) is 40.5 Å². The lowest BCUT2D eigenvalue weighted by Crippen LogP contribution is -2.64. The molecule has 0 N–H and O–H groups in total. The third kappa shape index (κ3) is 1.84. The summed E-state index contributed by atoms with van der Waals surface area (Å²) in [5.41, 5.74) is 0. The minimum Gasteiger partial charge on any atom is -0.300 e. The zero-order chi connectivity index (χ0) is 10.9. The SMILES string of the molecule is CCC(CC)C1C(C(C)C)C(C)N1C. The van der Waals surface area contributed by atoms with Crippen molar-refractivity contribution in [1.29, 1.82) is 0 Å². The van der Waals surface area contributed by atoms with Gasteiger partial charge in [-0.2, -0.15) is 0 Å². The van der Waals surface area contributed by atoms with Crippen molar-refractivity contribution >= 4 is 0 Å². The first kappa shape index (κ1) is 12.0. The lowest BCUT2D eigenvalue weighted by Gasteiger charge is -2.57. The molecule has 1 aliphatic rings. The van der Waals surface area contributed by atoms with E-state index < -0.39 is 0 Å². The highest BCUT2D eigenvalue weighted by Gasteiger charge is 2.47. The van der Waals surface area contributed by atoms with Crippen molar-refractivity contribution in [2.45, 2.75) is 59.5 Å². The van der Waals surface area contributed by atoms with Gasteiger partial charge in [0.2, 0.25) is 0 Å². The summed E-state index contributed by atoms with van der Waals surface area (Å²) >= 11 is 0. The highest BCUT2D eigenvalue weighted by Crippen LogP contribution is 2.41. The predicted octanol–water partition coefficient (Wildman–Crippen LogP) is 3.40. The van der Waals surface area contributed by atoms with Crippen LogP contribution in [-0.4, -0.2) is 24.0 Å². The quantitative estimate of drug-likeness (QED) is 0.667. The monoisotopic (exact) mass is 197 g/mol. The molecule has 1 heteroatoms. The van der Waals surface area contributed by atoms with E-state index in [2.05, 4.69) is 46.6 Å². The molecule has 0 aromatic rings. The molecule has 0 aromatic carbocycles. The summed E-state index contributed by atoms with van der Waals surface area (Å²) in [7, 11) is 2.30. The molecule has 0 amide bonds. The maximum Gasteiger partial charge on any atom is 0.0169 e. The molecule has 0 saturated carbocycles. The Balaban J connectivity index is 2.67. The molecule has 1 heterocycles. The van der Waals surface area contributed by atoms with Gasteiger partial charge in [-0.25, -0.2) is 0 Å². The Hall–Kier alpha value is -0.0400. The Labute approximate surface area is 89.9 Å². The summed E-state index contributed by atoms with van der Waals surface area (Å²) in [6, 6.07) is 1.64. The Morgan fingerprint density at radius 3 is 2.00 bits per heavy atom. The van der Waals surface area contributed by atoms with Gasteiger partial charge in [-0.15, -0.1) is 0 Å². The molecule has 1 aliphatic heterocycles. The maximum absolute atomic E-state index is 2.59. The second kappa shape index (κ2) is 4.65. The zero-order valence-corrected chi connectivity index (χ0v) is 10.7. The number of rotatable bonds is 4. The maximum atomic E-state index is 2.59. The lowest BCUT2D eigenvalue weighted by atomic mass is 9.68. The summed E-state index contributed by atoms with van der Waals surface area (Å²) in [6.07, 6.45) is 2.67. The molecule has 0 spiro atoms. The summed E-state index contributed by atoms with van der Waals surface area (Å²) in [6.45, 7) is 11.8. The van der Waals surface area contributed by atoms with Crippen LogP contribution in [0, 0.1) is 17.8 Å². The number of hydrogen-bond donors (Lipinski definition) is 0. The van der Waals surface area contributed by atoms with Gasteiger partial charge >= 0.3 is 0 Å². The molecule has 0 aliphatic carbocycles. The van der Waals surface area contributed by atoms with Gasteiger partial charge in [0.25, 0.3) is 0 Å². The fourth-order valence-electron chi connectivity index (χ4n) is 3.37. The Morgan fingerprint density at radius 1 is 1.14 bits per heavy atom. The first-order valence-corrected chi connectivity index (χ1v) is 6.26. The van der Waals surface area contributed by atoms with Crippen LogP contribution in [0.15, 0.2) is 0 Å². The molecule has 0 bridgehead atoms. The predicted molar refractivity (Wildman–Crippen MR) is 63.4 cm³/mol. The fraction of sp³-hybridized carbons (Fsp3) is 1.00. The normalized spacial score (nSPS) is 33.9. The molecular weight excluding hydrogens is 170 g/mol. The van der Waals surface area contributed by atoms with Gasteiger partial charge in [0.1, 0.15) is 0 Å². The van der Waals surface area contributed by atoms with Crippen LogP contribution >= 0.6 is 0 Å². The third-order valence-electron chi connectivity index (χ3n) is 4.37. The van der Waals surface area contributed by atoms with E-state index in [4.69, 9.17) is 0 Å². The number of nitrogens with zero attached hydrogens (tertiary/aromatic N) is 1. The zero-order valence-electron chi connectivity index (χ0n) is 10.7. The minimum atomic E-state index is 0.792. The second-order valence-corrected chi connectivity index (χ2v) is 5.29. The van der Waals surface area contributed by atoms with Crippen LogP contribution in [0.5, 0.6) is 0 Å². The molecule has 3 unspecified atom stereocenters. The van der Waals surface area contributed by atoms with Gasteiger partial charge < -0.3 is 0 Å². The second-order valence-electron chi connectivity index (χ2n) is 5.29. The number of likely N-dealkylation sites (tertiary alicyclic amines) is 1. The van der Waals surface area contributed by atoms with Crippen LogP contribution in [0.4, 0.5) is 0 Å². The first-order chi connectivity index (χ1) is 6.54. The lowest BCUT2D eigenvalue weighted by molar-refractivity contribution is -0.0817. The average molecular weight is 197 g/mol. The molecule has 1 fully saturated rings. The van der Waals surface area contributed by atoms with E-state index in [0.717, 1.165) is 29.8 Å². The molecule has 14 heavy (non-hydrogen) atoms. The summed E-state index contributed by atoms with van der Waals surface area (Å²) in [4.78, 5) is 2.59. The van der Waals surface area contributed by atoms with Gasteiger partial charge in [-0.05, 0) is 31.7 Å². The van der Waals surface area contributed by atoms with E-state index in [-0.39, 0.29) is 0 Å². The Bertz CT molecular complexity index is 172. The van der Waals surface area contributed by atoms with Crippen LogP contribution < -0.4 is 0 Å². The summed E-state index contributed by atoms with van der Waals surface area (Å²) in [5, 5.41) is 0. The van der Waals surface area contributed by atoms with Gasteiger partial charge in [-0.3, -0.25) is 4.90 Å². The van der Waals surface area contributed by atoms with Crippen LogP contribution in [0.25, 0.3) is 0 Å². The molecule has 1 saturated heterocycles. The van der Waals surface area contributed by atoms with Gasteiger partial charge in [0.05, 0.1) is 0 Å². The summed E-state index contributed by atoms with van der Waals surface area (Å²) in [5.74, 6) is 2.67. The van der Waals surface area contributed by atoms with E-state index in [1.165, 1.54) is 12.8 Å². The largest absolute Gasteiger partial charge is 0.300 e. The minimum absolute atomic E-state index is 0.792. The van der Waals surface area contributed by atoms with Crippen molar-refractivity contribution in [2.24, 2.45) is 17.8 Å². The third-order valence-corrected chi connectivity index (χ3v) is 4.37. The van der Waals surface area contributed by atoms with Crippen LogP contribution in [0.1, 0.15) is 47.5 Å². The van der Waals surface area contributed by atoms with Crippen molar-refractivity contribution < 1.29 is 0 Å². The van der Waals surface area contributed by atoms with Crippen molar-refractivity contribution in [3.05, 3.63) is 0 Å². The highest BCUT2D eigenvalue weighted by atomic mass is 15.2. The Morgan fingerprint density at radius 2 is 1.64 bits per heavy atom. The van der Waals surface area contributed by atoms with Crippen molar-refractivity contribution in [1.82, 2.24) is 4.90 Å². The molecular formula is C13H27N. The summed E-state index contributed by atoms with van der Waals surface area (Å²) < 4.78 is 0. The standard InChI is InChI=1S/C13H27N/c1-7-11(8-2)13-12(9(3)4)10(5)14(13)6/h9-13H,7-8H2,1-6H3. The topological polar surface area (TPSA) is 3.24 Å². The highest BCUT2D eigenvalue weighted by molar-refractivity contribution is 5.00. The molecule has 1 rings (SSSR count). The Kier molecular flexibility index (Phi) is 4.00. The molecule has 3 atom stereocenters. The van der Waals surface area contributed by atoms with Crippen molar-refractivity contribution in [3.63, 3.8) is 0 Å². The van der Waals surface area contributed by atoms with Crippen LogP contribution in [0.2, 0.25) is 0 Å². The van der Waals surface area contributed by atoms with Gasteiger partial charge in [0, 0.05) is 12.1 Å². The van der Waals surface area contributed by atoms with E-state index in [1.807, 2.05) is 0 Å². The number of hydrogen-bond acceptors (Lipinski definition) is 1. The molecule has 84 valence electrons. The molecule has 0 radical (unpaired) electrons. The van der Waals surface area contributed by atoms with E-state index in [0.29, 0.717) is 0 Å². The smallest absolute Gasteiger partial charge is 0.0169 e. The van der Waals surface area contributed by atoms with Crippen LogP contribution in [-0.2, 0) is 0 Å². The van der Waals surface area contributed by atoms with Crippen molar-refractivity contribution in [2.75, 3.05) is 7.05 Å². The molecule has 0 aromatic heterocycles. The van der Waals surface area contributed by atoms with Crippen LogP contribution in [0.3, 0.4) is 0 Å². The van der Waals surface area contributed by atoms with E-state index >= 15 is 0 Å².